The SMILES string of the molecule is CC1(C)CC(NC2CCC(C(C)(C)C)CC2)CC(C)(C)N1. The van der Waals surface area contributed by atoms with Crippen molar-refractivity contribution in [3.8, 4) is 0 Å². The maximum atomic E-state index is 4.00. The van der Waals surface area contributed by atoms with Crippen LogP contribution in [0.25, 0.3) is 0 Å². The van der Waals surface area contributed by atoms with E-state index in [1.165, 1.54) is 38.5 Å². The molecule has 0 aromatic rings. The second-order valence-corrected chi connectivity index (χ2v) is 10.1. The molecule has 0 amide bonds. The third-order valence-corrected chi connectivity index (χ3v) is 5.61. The van der Waals surface area contributed by atoms with Gasteiger partial charge in [-0.2, -0.15) is 0 Å². The molecule has 2 fully saturated rings. The van der Waals surface area contributed by atoms with Gasteiger partial charge in [-0.3, -0.25) is 0 Å². The van der Waals surface area contributed by atoms with Crippen LogP contribution in [0.3, 0.4) is 0 Å². The minimum atomic E-state index is 0.252. The Morgan fingerprint density at radius 2 is 1.29 bits per heavy atom. The quantitative estimate of drug-likeness (QED) is 0.784. The zero-order valence-corrected chi connectivity index (χ0v) is 15.5. The van der Waals surface area contributed by atoms with Gasteiger partial charge in [0.25, 0.3) is 0 Å². The second kappa shape index (κ2) is 5.85. The molecule has 2 heteroatoms. The van der Waals surface area contributed by atoms with Crippen LogP contribution >= 0.6 is 0 Å². The van der Waals surface area contributed by atoms with E-state index in [4.69, 9.17) is 0 Å². The van der Waals surface area contributed by atoms with Crippen LogP contribution in [-0.4, -0.2) is 23.2 Å². The molecule has 2 nitrogen and oxygen atoms in total. The topological polar surface area (TPSA) is 24.1 Å². The second-order valence-electron chi connectivity index (χ2n) is 10.1. The number of nitrogens with one attached hydrogen (secondary N) is 2. The van der Waals surface area contributed by atoms with Crippen molar-refractivity contribution in [1.29, 1.82) is 0 Å². The Balaban J connectivity index is 1.86. The van der Waals surface area contributed by atoms with Crippen LogP contribution in [-0.2, 0) is 0 Å². The Labute approximate surface area is 132 Å². The summed E-state index contributed by atoms with van der Waals surface area (Å²) in [5, 5.41) is 7.79. The van der Waals surface area contributed by atoms with Crippen molar-refractivity contribution >= 4 is 0 Å². The van der Waals surface area contributed by atoms with E-state index in [1.807, 2.05) is 0 Å². The molecule has 0 aromatic carbocycles. The molecular weight excluding hydrogens is 256 g/mol. The molecule has 1 saturated carbocycles. The van der Waals surface area contributed by atoms with Crippen LogP contribution in [0, 0.1) is 11.3 Å². The summed E-state index contributed by atoms with van der Waals surface area (Å²) in [6, 6.07) is 1.42. The number of piperidine rings is 1. The molecule has 124 valence electrons. The molecule has 2 aliphatic rings. The summed E-state index contributed by atoms with van der Waals surface area (Å²) in [6.45, 7) is 16.6. The molecule has 2 N–H and O–H groups in total. The molecule has 0 atom stereocenters. The van der Waals surface area contributed by atoms with Crippen molar-refractivity contribution in [2.75, 3.05) is 0 Å². The highest BCUT2D eigenvalue weighted by molar-refractivity contribution is 5.00. The van der Waals surface area contributed by atoms with Gasteiger partial charge in [-0.25, -0.2) is 0 Å². The minimum Gasteiger partial charge on any atom is -0.311 e. The highest BCUT2D eigenvalue weighted by Gasteiger charge is 2.39. The lowest BCUT2D eigenvalue weighted by atomic mass is 9.71. The van der Waals surface area contributed by atoms with Crippen molar-refractivity contribution in [3.05, 3.63) is 0 Å². The average Bonchev–Trinajstić information content (AvgIpc) is 2.23. The average molecular weight is 295 g/mol. The summed E-state index contributed by atoms with van der Waals surface area (Å²) in [5.74, 6) is 0.913. The van der Waals surface area contributed by atoms with E-state index in [2.05, 4.69) is 59.1 Å². The normalized spacial score (nSPS) is 33.9. The van der Waals surface area contributed by atoms with Gasteiger partial charge in [0.15, 0.2) is 0 Å². The van der Waals surface area contributed by atoms with Gasteiger partial charge in [-0.15, -0.1) is 0 Å². The molecule has 0 spiro atoms. The third-order valence-electron chi connectivity index (χ3n) is 5.61. The standard InChI is InChI=1S/C19H38N2/c1-17(2,3)14-8-10-15(11-9-14)20-16-12-18(4,5)21-19(6,7)13-16/h14-16,20-21H,8-13H2,1-7H3. The van der Waals surface area contributed by atoms with Gasteiger partial charge in [0.05, 0.1) is 0 Å². The van der Waals surface area contributed by atoms with Crippen molar-refractivity contribution in [2.45, 2.75) is 110 Å². The van der Waals surface area contributed by atoms with Crippen LogP contribution < -0.4 is 10.6 Å². The molecule has 1 aliphatic heterocycles. The first-order valence-corrected chi connectivity index (χ1v) is 9.02. The molecule has 2 rings (SSSR count). The molecule has 1 saturated heterocycles. The Kier molecular flexibility index (Phi) is 4.81. The lowest BCUT2D eigenvalue weighted by Gasteiger charge is -2.48. The van der Waals surface area contributed by atoms with Crippen LogP contribution in [0.2, 0.25) is 0 Å². The van der Waals surface area contributed by atoms with Crippen LogP contribution in [0.1, 0.15) is 87.0 Å². The Morgan fingerprint density at radius 1 is 0.810 bits per heavy atom. The van der Waals surface area contributed by atoms with E-state index in [-0.39, 0.29) is 11.1 Å². The van der Waals surface area contributed by atoms with Gasteiger partial charge in [0.2, 0.25) is 0 Å². The van der Waals surface area contributed by atoms with E-state index in [0.717, 1.165) is 12.0 Å². The first-order chi connectivity index (χ1) is 9.47. The minimum absolute atomic E-state index is 0.252. The zero-order valence-electron chi connectivity index (χ0n) is 15.5. The van der Waals surface area contributed by atoms with Crippen molar-refractivity contribution in [2.24, 2.45) is 11.3 Å². The van der Waals surface area contributed by atoms with Gasteiger partial charge in [-0.05, 0) is 77.6 Å². The first kappa shape index (κ1) is 17.3. The Bertz CT molecular complexity index is 327. The zero-order chi connectivity index (χ0) is 15.9. The van der Waals surface area contributed by atoms with Crippen molar-refractivity contribution in [1.82, 2.24) is 10.6 Å². The fourth-order valence-electron chi connectivity index (χ4n) is 4.90. The Morgan fingerprint density at radius 3 is 1.71 bits per heavy atom. The maximum absolute atomic E-state index is 4.00. The van der Waals surface area contributed by atoms with Gasteiger partial charge in [0.1, 0.15) is 0 Å². The van der Waals surface area contributed by atoms with E-state index >= 15 is 0 Å². The van der Waals surface area contributed by atoms with E-state index in [9.17, 15) is 0 Å². The van der Waals surface area contributed by atoms with Gasteiger partial charge >= 0.3 is 0 Å². The predicted molar refractivity (Wildman–Crippen MR) is 92.7 cm³/mol. The monoisotopic (exact) mass is 294 g/mol. The lowest BCUT2D eigenvalue weighted by molar-refractivity contribution is 0.117. The summed E-state index contributed by atoms with van der Waals surface area (Å²) in [6.07, 6.45) is 8.03. The molecule has 0 aromatic heterocycles. The molecule has 0 bridgehead atoms. The van der Waals surface area contributed by atoms with Gasteiger partial charge in [-0.1, -0.05) is 20.8 Å². The van der Waals surface area contributed by atoms with Crippen LogP contribution in [0.4, 0.5) is 0 Å². The molecule has 0 radical (unpaired) electrons. The highest BCUT2D eigenvalue weighted by atomic mass is 15.1. The van der Waals surface area contributed by atoms with E-state index < -0.39 is 0 Å². The molecule has 1 heterocycles. The third kappa shape index (κ3) is 4.96. The van der Waals surface area contributed by atoms with Crippen LogP contribution in [0.15, 0.2) is 0 Å². The lowest BCUT2D eigenvalue weighted by Crippen LogP contribution is -2.62. The number of hydrogen-bond donors (Lipinski definition) is 2. The molecule has 21 heavy (non-hydrogen) atoms. The number of hydrogen-bond acceptors (Lipinski definition) is 2. The maximum Gasteiger partial charge on any atom is 0.0144 e. The summed E-state index contributed by atoms with van der Waals surface area (Å²) in [4.78, 5) is 0. The summed E-state index contributed by atoms with van der Waals surface area (Å²) >= 11 is 0. The molecule has 0 unspecified atom stereocenters. The van der Waals surface area contributed by atoms with Crippen molar-refractivity contribution < 1.29 is 0 Å². The molecule has 1 aliphatic carbocycles. The predicted octanol–water partition coefficient (Wildman–Crippen LogP) is 4.49. The van der Waals surface area contributed by atoms with E-state index in [0.29, 0.717) is 11.5 Å². The fraction of sp³-hybridized carbons (Fsp3) is 1.00. The first-order valence-electron chi connectivity index (χ1n) is 9.02. The van der Waals surface area contributed by atoms with Crippen LogP contribution in [0.5, 0.6) is 0 Å². The van der Waals surface area contributed by atoms with Gasteiger partial charge < -0.3 is 10.6 Å². The summed E-state index contributed by atoms with van der Waals surface area (Å²) < 4.78 is 0. The summed E-state index contributed by atoms with van der Waals surface area (Å²) in [7, 11) is 0. The smallest absolute Gasteiger partial charge is 0.0144 e. The number of rotatable bonds is 2. The highest BCUT2D eigenvalue weighted by Crippen LogP contribution is 2.38. The van der Waals surface area contributed by atoms with Crippen molar-refractivity contribution in [3.63, 3.8) is 0 Å². The molecular formula is C19H38N2. The largest absolute Gasteiger partial charge is 0.311 e. The van der Waals surface area contributed by atoms with E-state index in [1.54, 1.807) is 0 Å². The summed E-state index contributed by atoms with van der Waals surface area (Å²) in [5.41, 5.74) is 0.994. The fourth-order valence-corrected chi connectivity index (χ4v) is 4.90. The Hall–Kier alpha value is -0.0800. The van der Waals surface area contributed by atoms with Gasteiger partial charge in [0, 0.05) is 23.2 Å².